The quantitative estimate of drug-likeness (QED) is 0.829. The highest BCUT2D eigenvalue weighted by Crippen LogP contribution is 2.25. The first-order valence-electron chi connectivity index (χ1n) is 5.28. The summed E-state index contributed by atoms with van der Waals surface area (Å²) in [7, 11) is 0. The van der Waals surface area contributed by atoms with E-state index in [1.807, 2.05) is 0 Å². The summed E-state index contributed by atoms with van der Waals surface area (Å²) in [5, 5.41) is 2.52. The molecule has 1 amide bonds. The molecule has 98 valence electrons. The molecule has 0 bridgehead atoms. The molecule has 0 radical (unpaired) electrons. The molecule has 2 aromatic rings. The van der Waals surface area contributed by atoms with Gasteiger partial charge in [0.2, 0.25) is 0 Å². The van der Waals surface area contributed by atoms with Gasteiger partial charge in [0.05, 0.1) is 5.69 Å². The summed E-state index contributed by atoms with van der Waals surface area (Å²) in [6.45, 7) is 0. The molecule has 0 saturated heterocycles. The molecule has 0 spiro atoms. The number of rotatable bonds is 2. The minimum atomic E-state index is -0.809. The van der Waals surface area contributed by atoms with E-state index < -0.39 is 17.5 Å². The largest absolute Gasteiger partial charge is 0.399 e. The number of benzene rings is 2. The summed E-state index contributed by atoms with van der Waals surface area (Å²) in [6, 6.07) is 7.47. The molecule has 2 aromatic carbocycles. The van der Waals surface area contributed by atoms with Gasteiger partial charge in [0, 0.05) is 21.8 Å². The topological polar surface area (TPSA) is 55.1 Å². The lowest BCUT2D eigenvalue weighted by molar-refractivity contribution is 0.102. The van der Waals surface area contributed by atoms with E-state index in [0.29, 0.717) is 21.9 Å². The van der Waals surface area contributed by atoms with Crippen molar-refractivity contribution in [3.05, 3.63) is 58.1 Å². The number of hydrogen-bond donors (Lipinski definition) is 2. The van der Waals surface area contributed by atoms with E-state index in [4.69, 9.17) is 5.73 Å². The summed E-state index contributed by atoms with van der Waals surface area (Å²) < 4.78 is 26.7. The van der Waals surface area contributed by atoms with E-state index in [2.05, 4.69) is 21.2 Å². The first-order chi connectivity index (χ1) is 8.95. The Morgan fingerprint density at radius 2 is 1.74 bits per heavy atom. The second kappa shape index (κ2) is 5.36. The lowest BCUT2D eigenvalue weighted by Crippen LogP contribution is -2.13. The second-order valence-corrected chi connectivity index (χ2v) is 4.71. The van der Waals surface area contributed by atoms with Crippen LogP contribution in [0.15, 0.2) is 40.9 Å². The van der Waals surface area contributed by atoms with Crippen molar-refractivity contribution in [2.75, 3.05) is 11.1 Å². The summed E-state index contributed by atoms with van der Waals surface area (Å²) in [5.41, 5.74) is 6.38. The zero-order valence-electron chi connectivity index (χ0n) is 9.58. The van der Waals surface area contributed by atoms with Crippen LogP contribution >= 0.6 is 15.9 Å². The van der Waals surface area contributed by atoms with Crippen LogP contribution in [0.2, 0.25) is 0 Å². The van der Waals surface area contributed by atoms with Crippen LogP contribution in [0.4, 0.5) is 20.2 Å². The predicted molar refractivity (Wildman–Crippen MR) is 72.9 cm³/mol. The van der Waals surface area contributed by atoms with E-state index in [0.717, 1.165) is 12.1 Å². The molecule has 0 saturated carbocycles. The van der Waals surface area contributed by atoms with Crippen LogP contribution in [0.5, 0.6) is 0 Å². The molecular weight excluding hydrogens is 318 g/mol. The first kappa shape index (κ1) is 13.5. The average Bonchev–Trinajstić information content (AvgIpc) is 2.32. The van der Waals surface area contributed by atoms with Crippen LogP contribution in [0, 0.1) is 11.6 Å². The number of hydrogen-bond acceptors (Lipinski definition) is 2. The van der Waals surface area contributed by atoms with E-state index in [1.54, 1.807) is 12.1 Å². The van der Waals surface area contributed by atoms with Crippen molar-refractivity contribution in [2.24, 2.45) is 0 Å². The molecule has 3 nitrogen and oxygen atoms in total. The number of nitrogens with two attached hydrogens (primary N) is 1. The maximum absolute atomic E-state index is 13.0. The maximum Gasteiger partial charge on any atom is 0.255 e. The van der Waals surface area contributed by atoms with Gasteiger partial charge in [0.25, 0.3) is 5.91 Å². The van der Waals surface area contributed by atoms with Gasteiger partial charge in [-0.15, -0.1) is 0 Å². The third kappa shape index (κ3) is 3.29. The van der Waals surface area contributed by atoms with Crippen LogP contribution in [0.25, 0.3) is 0 Å². The third-order valence-electron chi connectivity index (χ3n) is 2.36. The number of halogens is 3. The van der Waals surface area contributed by atoms with Crippen molar-refractivity contribution >= 4 is 33.2 Å². The van der Waals surface area contributed by atoms with Gasteiger partial charge < -0.3 is 11.1 Å². The lowest BCUT2D eigenvalue weighted by atomic mass is 10.2. The van der Waals surface area contributed by atoms with Gasteiger partial charge in [0.15, 0.2) is 0 Å². The molecule has 0 aliphatic carbocycles. The molecular formula is C13H9BrF2N2O. The van der Waals surface area contributed by atoms with Crippen molar-refractivity contribution in [2.45, 2.75) is 0 Å². The summed E-state index contributed by atoms with van der Waals surface area (Å²) in [4.78, 5) is 11.9. The Hall–Kier alpha value is -1.95. The smallest absolute Gasteiger partial charge is 0.255 e. The maximum atomic E-state index is 13.0. The third-order valence-corrected chi connectivity index (χ3v) is 3.05. The highest BCUT2D eigenvalue weighted by Gasteiger charge is 2.11. The van der Waals surface area contributed by atoms with E-state index in [9.17, 15) is 13.6 Å². The van der Waals surface area contributed by atoms with Gasteiger partial charge >= 0.3 is 0 Å². The zero-order valence-corrected chi connectivity index (χ0v) is 11.2. The number of anilines is 2. The molecule has 3 N–H and O–H groups in total. The average molecular weight is 327 g/mol. The molecule has 0 aromatic heterocycles. The fourth-order valence-corrected chi connectivity index (χ4v) is 1.86. The zero-order chi connectivity index (χ0) is 14.0. The Kier molecular flexibility index (Phi) is 3.80. The molecule has 0 heterocycles. The van der Waals surface area contributed by atoms with E-state index in [-0.39, 0.29) is 5.56 Å². The van der Waals surface area contributed by atoms with Crippen molar-refractivity contribution < 1.29 is 13.6 Å². The van der Waals surface area contributed by atoms with Crippen molar-refractivity contribution in [1.82, 2.24) is 0 Å². The van der Waals surface area contributed by atoms with E-state index in [1.165, 1.54) is 6.07 Å². The van der Waals surface area contributed by atoms with Crippen LogP contribution in [-0.2, 0) is 0 Å². The summed E-state index contributed by atoms with van der Waals surface area (Å²) >= 11 is 3.24. The van der Waals surface area contributed by atoms with E-state index >= 15 is 0 Å². The fourth-order valence-electron chi connectivity index (χ4n) is 1.52. The first-order valence-corrected chi connectivity index (χ1v) is 6.07. The predicted octanol–water partition coefficient (Wildman–Crippen LogP) is 3.56. The van der Waals surface area contributed by atoms with Gasteiger partial charge in [0.1, 0.15) is 11.6 Å². The SMILES string of the molecule is Nc1ccc(Br)c(NC(=O)c2cc(F)cc(F)c2)c1. The van der Waals surface area contributed by atoms with Gasteiger partial charge in [-0.25, -0.2) is 8.78 Å². The van der Waals surface area contributed by atoms with Gasteiger partial charge in [-0.05, 0) is 46.3 Å². The summed E-state index contributed by atoms with van der Waals surface area (Å²) in [6.07, 6.45) is 0. The van der Waals surface area contributed by atoms with Crippen molar-refractivity contribution in [3.8, 4) is 0 Å². The summed E-state index contributed by atoms with van der Waals surface area (Å²) in [5.74, 6) is -2.24. The van der Waals surface area contributed by atoms with Gasteiger partial charge in [-0.3, -0.25) is 4.79 Å². The molecule has 0 aliphatic rings. The van der Waals surface area contributed by atoms with Crippen LogP contribution in [0.3, 0.4) is 0 Å². The van der Waals surface area contributed by atoms with Crippen molar-refractivity contribution in [3.63, 3.8) is 0 Å². The number of amides is 1. The minimum absolute atomic E-state index is 0.105. The molecule has 0 aliphatic heterocycles. The number of carbonyl (C=O) groups excluding carboxylic acids is 1. The Bertz CT molecular complexity index is 626. The number of carbonyl (C=O) groups is 1. The van der Waals surface area contributed by atoms with Gasteiger partial charge in [-0.1, -0.05) is 0 Å². The number of nitrogens with one attached hydrogen (secondary N) is 1. The fraction of sp³-hybridized carbons (Fsp3) is 0. The Labute approximate surface area is 116 Å². The van der Waals surface area contributed by atoms with Crippen molar-refractivity contribution in [1.29, 1.82) is 0 Å². The van der Waals surface area contributed by atoms with Gasteiger partial charge in [-0.2, -0.15) is 0 Å². The Morgan fingerprint density at radius 1 is 1.11 bits per heavy atom. The monoisotopic (exact) mass is 326 g/mol. The van der Waals surface area contributed by atoms with Crippen LogP contribution < -0.4 is 11.1 Å². The molecule has 0 fully saturated rings. The molecule has 2 rings (SSSR count). The Morgan fingerprint density at radius 3 is 2.37 bits per heavy atom. The standard InChI is InChI=1S/C13H9BrF2N2O/c14-11-2-1-10(17)6-12(11)18-13(19)7-3-8(15)5-9(16)4-7/h1-6H,17H2,(H,18,19). The second-order valence-electron chi connectivity index (χ2n) is 3.85. The van der Waals surface area contributed by atoms with Crippen LogP contribution in [-0.4, -0.2) is 5.91 Å². The molecule has 0 unspecified atom stereocenters. The highest BCUT2D eigenvalue weighted by molar-refractivity contribution is 9.10. The van der Waals surface area contributed by atoms with Crippen LogP contribution in [0.1, 0.15) is 10.4 Å². The molecule has 19 heavy (non-hydrogen) atoms. The Balaban J connectivity index is 2.28. The highest BCUT2D eigenvalue weighted by atomic mass is 79.9. The normalized spacial score (nSPS) is 10.3. The minimum Gasteiger partial charge on any atom is -0.399 e. The molecule has 6 heteroatoms. The number of nitrogen functional groups attached to an aromatic ring is 1. The lowest BCUT2D eigenvalue weighted by Gasteiger charge is -2.08. The molecule has 0 atom stereocenters.